The molecule has 0 bridgehead atoms. The second kappa shape index (κ2) is 6.84. The Balaban J connectivity index is 2.42. The number of hydrogen-bond donors (Lipinski definition) is 2. The van der Waals surface area contributed by atoms with E-state index in [-0.39, 0.29) is 47.3 Å². The SMILES string of the molecule is CCOC(=O)c1c(N)oc2c(Br)c3c(C(=O)OCC)c(N)oc3c(Br)c12. The molecule has 0 saturated heterocycles. The predicted molar refractivity (Wildman–Crippen MR) is 102 cm³/mol. The zero-order chi connectivity index (χ0) is 19.2. The Kier molecular flexibility index (Phi) is 4.89. The standard InChI is InChI=1S/C16H14Br2N2O6/c1-3-23-15(21)7-5-9(17)12-6(10(18)11(5)25-13(7)19)8(14(20)26-12)16(22)24-4-2/h3-4,19-20H2,1-2H3. The number of hydrogen-bond acceptors (Lipinski definition) is 8. The highest BCUT2D eigenvalue weighted by molar-refractivity contribution is 9.11. The van der Waals surface area contributed by atoms with Crippen LogP contribution in [0.25, 0.3) is 21.9 Å². The normalized spacial score (nSPS) is 11.2. The van der Waals surface area contributed by atoms with Gasteiger partial charge in [-0.1, -0.05) is 0 Å². The quantitative estimate of drug-likeness (QED) is 0.520. The van der Waals surface area contributed by atoms with Crippen LogP contribution in [0.15, 0.2) is 17.8 Å². The van der Waals surface area contributed by atoms with Crippen molar-refractivity contribution in [3.8, 4) is 0 Å². The molecule has 2 aromatic heterocycles. The molecule has 3 rings (SSSR count). The number of furan rings is 2. The van der Waals surface area contributed by atoms with Crippen LogP contribution in [0, 0.1) is 0 Å². The molecule has 0 spiro atoms. The van der Waals surface area contributed by atoms with Crippen LogP contribution in [0.1, 0.15) is 34.6 Å². The van der Waals surface area contributed by atoms with Crippen molar-refractivity contribution >= 4 is 77.5 Å². The van der Waals surface area contributed by atoms with Crippen molar-refractivity contribution in [2.75, 3.05) is 24.7 Å². The third-order valence-corrected chi connectivity index (χ3v) is 5.18. The fraction of sp³-hybridized carbons (Fsp3) is 0.250. The highest BCUT2D eigenvalue weighted by atomic mass is 79.9. The number of carbonyl (C=O) groups excluding carboxylic acids is 2. The van der Waals surface area contributed by atoms with Crippen LogP contribution < -0.4 is 11.5 Å². The Labute approximate surface area is 164 Å². The van der Waals surface area contributed by atoms with Gasteiger partial charge in [-0.15, -0.1) is 0 Å². The summed E-state index contributed by atoms with van der Waals surface area (Å²) in [6.45, 7) is 3.70. The molecule has 0 amide bonds. The monoisotopic (exact) mass is 488 g/mol. The Morgan fingerprint density at radius 1 is 0.846 bits per heavy atom. The topological polar surface area (TPSA) is 131 Å². The number of fused-ring (bicyclic) bond motifs is 2. The van der Waals surface area contributed by atoms with E-state index in [2.05, 4.69) is 31.9 Å². The third kappa shape index (κ3) is 2.64. The zero-order valence-corrected chi connectivity index (χ0v) is 16.9. The summed E-state index contributed by atoms with van der Waals surface area (Å²) in [4.78, 5) is 24.6. The molecule has 0 atom stereocenters. The summed E-state index contributed by atoms with van der Waals surface area (Å²) in [7, 11) is 0. The van der Waals surface area contributed by atoms with Crippen LogP contribution >= 0.6 is 31.9 Å². The van der Waals surface area contributed by atoms with Gasteiger partial charge in [-0.25, -0.2) is 9.59 Å². The second-order valence-electron chi connectivity index (χ2n) is 5.16. The minimum absolute atomic E-state index is 0.0592. The van der Waals surface area contributed by atoms with Crippen molar-refractivity contribution in [3.63, 3.8) is 0 Å². The van der Waals surface area contributed by atoms with Crippen LogP contribution in [0.4, 0.5) is 11.8 Å². The first-order valence-electron chi connectivity index (χ1n) is 7.58. The van der Waals surface area contributed by atoms with Gasteiger partial charge in [0.15, 0.2) is 11.2 Å². The molecular formula is C16H14Br2N2O6. The van der Waals surface area contributed by atoms with Gasteiger partial charge in [-0.2, -0.15) is 0 Å². The van der Waals surface area contributed by atoms with Crippen molar-refractivity contribution in [1.29, 1.82) is 0 Å². The maximum Gasteiger partial charge on any atom is 0.344 e. The van der Waals surface area contributed by atoms with Crippen molar-refractivity contribution in [2.24, 2.45) is 0 Å². The van der Waals surface area contributed by atoms with Crippen molar-refractivity contribution in [2.45, 2.75) is 13.8 Å². The summed E-state index contributed by atoms with van der Waals surface area (Å²) in [6, 6.07) is 0. The van der Waals surface area contributed by atoms with E-state index < -0.39 is 11.9 Å². The number of halogens is 2. The van der Waals surface area contributed by atoms with Crippen LogP contribution in [0.5, 0.6) is 0 Å². The first-order valence-corrected chi connectivity index (χ1v) is 9.17. The summed E-state index contributed by atoms with van der Waals surface area (Å²) in [5.74, 6) is -1.50. The molecule has 4 N–H and O–H groups in total. The lowest BCUT2D eigenvalue weighted by molar-refractivity contribution is 0.0519. The molecular weight excluding hydrogens is 476 g/mol. The summed E-state index contributed by atoms with van der Waals surface area (Å²) < 4.78 is 21.9. The minimum Gasteiger partial charge on any atom is -0.462 e. The summed E-state index contributed by atoms with van der Waals surface area (Å²) in [5, 5.41) is 0.703. The predicted octanol–water partition coefficient (Wildman–Crippen LogP) is 4.22. The van der Waals surface area contributed by atoms with E-state index in [0.717, 1.165) is 0 Å². The smallest absolute Gasteiger partial charge is 0.344 e. The molecule has 0 radical (unpaired) electrons. The Hall–Kier alpha value is -2.20. The highest BCUT2D eigenvalue weighted by Crippen LogP contribution is 2.47. The molecule has 138 valence electrons. The lowest BCUT2D eigenvalue weighted by atomic mass is 10.1. The molecule has 0 aliphatic rings. The van der Waals surface area contributed by atoms with Gasteiger partial charge >= 0.3 is 11.9 Å². The number of rotatable bonds is 4. The lowest BCUT2D eigenvalue weighted by Crippen LogP contribution is -2.07. The van der Waals surface area contributed by atoms with E-state index in [1.807, 2.05) is 0 Å². The van der Waals surface area contributed by atoms with Gasteiger partial charge in [0.05, 0.1) is 32.9 Å². The van der Waals surface area contributed by atoms with Gasteiger partial charge in [-0.05, 0) is 45.7 Å². The van der Waals surface area contributed by atoms with E-state index in [1.54, 1.807) is 13.8 Å². The molecule has 2 heterocycles. The number of ether oxygens (including phenoxy) is 2. The Morgan fingerprint density at radius 3 is 1.50 bits per heavy atom. The maximum absolute atomic E-state index is 12.3. The molecule has 8 nitrogen and oxygen atoms in total. The summed E-state index contributed by atoms with van der Waals surface area (Å²) >= 11 is 6.78. The van der Waals surface area contributed by atoms with Gasteiger partial charge in [-0.3, -0.25) is 0 Å². The van der Waals surface area contributed by atoms with Crippen LogP contribution in [0.3, 0.4) is 0 Å². The maximum atomic E-state index is 12.3. The molecule has 0 saturated carbocycles. The van der Waals surface area contributed by atoms with Crippen LogP contribution in [-0.2, 0) is 9.47 Å². The summed E-state index contributed by atoms with van der Waals surface area (Å²) in [6.07, 6.45) is 0. The molecule has 0 fully saturated rings. The van der Waals surface area contributed by atoms with Crippen molar-refractivity contribution < 1.29 is 27.9 Å². The molecule has 3 aromatic rings. The number of anilines is 2. The van der Waals surface area contributed by atoms with E-state index >= 15 is 0 Å². The molecule has 0 unspecified atom stereocenters. The Morgan fingerprint density at radius 2 is 1.19 bits per heavy atom. The first-order chi connectivity index (χ1) is 12.3. The van der Waals surface area contributed by atoms with Gasteiger partial charge < -0.3 is 29.8 Å². The van der Waals surface area contributed by atoms with Gasteiger partial charge in [0.2, 0.25) is 11.8 Å². The fourth-order valence-corrected chi connectivity index (χ4v) is 3.98. The summed E-state index contributed by atoms with van der Waals surface area (Å²) in [5.41, 5.74) is 12.4. The number of carbonyl (C=O) groups is 2. The average molecular weight is 490 g/mol. The largest absolute Gasteiger partial charge is 0.462 e. The molecule has 10 heteroatoms. The molecule has 0 aliphatic carbocycles. The number of nitrogen functional groups attached to an aromatic ring is 2. The highest BCUT2D eigenvalue weighted by Gasteiger charge is 2.31. The van der Waals surface area contributed by atoms with Crippen LogP contribution in [0.2, 0.25) is 0 Å². The number of benzene rings is 1. The fourth-order valence-electron chi connectivity index (χ4n) is 2.66. The third-order valence-electron chi connectivity index (χ3n) is 3.67. The molecule has 0 aliphatic heterocycles. The lowest BCUT2D eigenvalue weighted by Gasteiger charge is -2.04. The van der Waals surface area contributed by atoms with Crippen molar-refractivity contribution in [3.05, 3.63) is 20.1 Å². The Bertz CT molecular complexity index is 969. The van der Waals surface area contributed by atoms with E-state index in [1.165, 1.54) is 0 Å². The van der Waals surface area contributed by atoms with Gasteiger partial charge in [0, 0.05) is 0 Å². The molecule has 1 aromatic carbocycles. The average Bonchev–Trinajstić information content (AvgIpc) is 3.11. The van der Waals surface area contributed by atoms with Gasteiger partial charge in [0.1, 0.15) is 11.1 Å². The van der Waals surface area contributed by atoms with E-state index in [0.29, 0.717) is 19.7 Å². The van der Waals surface area contributed by atoms with E-state index in [4.69, 9.17) is 29.8 Å². The van der Waals surface area contributed by atoms with Crippen LogP contribution in [-0.4, -0.2) is 25.2 Å². The number of esters is 2. The number of nitrogens with two attached hydrogens (primary N) is 2. The molecule has 26 heavy (non-hydrogen) atoms. The minimum atomic E-state index is -0.638. The van der Waals surface area contributed by atoms with E-state index in [9.17, 15) is 9.59 Å². The van der Waals surface area contributed by atoms with Gasteiger partial charge in [0.25, 0.3) is 0 Å². The van der Waals surface area contributed by atoms with Crippen molar-refractivity contribution in [1.82, 2.24) is 0 Å². The first kappa shape index (κ1) is 18.6. The zero-order valence-electron chi connectivity index (χ0n) is 13.8. The second-order valence-corrected chi connectivity index (χ2v) is 6.75.